The summed E-state index contributed by atoms with van der Waals surface area (Å²) in [7, 11) is 0. The Hall–Kier alpha value is -2.52. The number of amides is 3. The SMILES string of the molecule is Cc1nc(CN2CCCN(C(=O)NC3CCN(C(C)c4ccc(F)cc4)C3=O)CC2)cs1. The summed E-state index contributed by atoms with van der Waals surface area (Å²) in [4.78, 5) is 36.3. The quantitative estimate of drug-likeness (QED) is 0.746. The van der Waals surface area contributed by atoms with Crippen molar-refractivity contribution in [1.29, 1.82) is 0 Å². The van der Waals surface area contributed by atoms with Crippen LogP contribution in [0.2, 0.25) is 0 Å². The molecule has 1 aromatic carbocycles. The van der Waals surface area contributed by atoms with Crippen molar-refractivity contribution in [3.8, 4) is 0 Å². The first-order valence-electron chi connectivity index (χ1n) is 11.2. The first-order chi connectivity index (χ1) is 15.4. The van der Waals surface area contributed by atoms with Crippen molar-refractivity contribution >= 4 is 23.3 Å². The maximum atomic E-state index is 13.2. The maximum Gasteiger partial charge on any atom is 0.318 e. The molecule has 2 atom stereocenters. The molecule has 0 saturated carbocycles. The minimum Gasteiger partial charge on any atom is -0.334 e. The van der Waals surface area contributed by atoms with E-state index < -0.39 is 6.04 Å². The van der Waals surface area contributed by atoms with Crippen molar-refractivity contribution in [2.45, 2.75) is 45.3 Å². The predicted molar refractivity (Wildman–Crippen MR) is 122 cm³/mol. The van der Waals surface area contributed by atoms with Crippen LogP contribution >= 0.6 is 11.3 Å². The van der Waals surface area contributed by atoms with E-state index in [-0.39, 0.29) is 23.8 Å². The van der Waals surface area contributed by atoms with Gasteiger partial charge in [-0.15, -0.1) is 11.3 Å². The van der Waals surface area contributed by atoms with Crippen molar-refractivity contribution in [1.82, 2.24) is 25.0 Å². The van der Waals surface area contributed by atoms with Crippen LogP contribution in [0, 0.1) is 12.7 Å². The Balaban J connectivity index is 1.29. The maximum absolute atomic E-state index is 13.2. The van der Waals surface area contributed by atoms with Crippen molar-refractivity contribution in [2.75, 3.05) is 32.7 Å². The van der Waals surface area contributed by atoms with E-state index in [1.54, 1.807) is 28.4 Å². The summed E-state index contributed by atoms with van der Waals surface area (Å²) in [5.74, 6) is -0.373. The van der Waals surface area contributed by atoms with E-state index in [1.807, 2.05) is 18.7 Å². The van der Waals surface area contributed by atoms with Crippen molar-refractivity contribution in [3.05, 3.63) is 51.7 Å². The summed E-state index contributed by atoms with van der Waals surface area (Å²) in [6.45, 7) is 8.33. The molecule has 32 heavy (non-hydrogen) atoms. The second kappa shape index (κ2) is 9.95. The molecule has 4 rings (SSSR count). The van der Waals surface area contributed by atoms with Crippen LogP contribution in [-0.2, 0) is 11.3 Å². The van der Waals surface area contributed by atoms with Gasteiger partial charge in [-0.2, -0.15) is 0 Å². The van der Waals surface area contributed by atoms with Gasteiger partial charge in [-0.25, -0.2) is 14.2 Å². The molecule has 0 bridgehead atoms. The van der Waals surface area contributed by atoms with Gasteiger partial charge in [0.25, 0.3) is 0 Å². The van der Waals surface area contributed by atoms with Crippen LogP contribution in [0.5, 0.6) is 0 Å². The molecule has 2 saturated heterocycles. The Morgan fingerprint density at radius 2 is 2.00 bits per heavy atom. The first kappa shape index (κ1) is 22.7. The highest BCUT2D eigenvalue weighted by Crippen LogP contribution is 2.26. The lowest BCUT2D eigenvalue weighted by molar-refractivity contribution is -0.131. The summed E-state index contributed by atoms with van der Waals surface area (Å²) >= 11 is 1.66. The standard InChI is InChI=1S/C23H30FN5O2S/c1-16(18-4-6-19(24)7-5-18)29-11-8-21(22(29)30)26-23(31)28-10-3-9-27(12-13-28)14-20-15-32-17(2)25-20/h4-7,15-16,21H,3,8-14H2,1-2H3,(H,26,31). The van der Waals surface area contributed by atoms with Crippen LogP contribution in [0.25, 0.3) is 0 Å². The van der Waals surface area contributed by atoms with E-state index in [9.17, 15) is 14.0 Å². The molecule has 0 spiro atoms. The minimum absolute atomic E-state index is 0.0782. The first-order valence-corrected chi connectivity index (χ1v) is 12.0. The predicted octanol–water partition coefficient (Wildman–Crippen LogP) is 3.17. The molecular weight excluding hydrogens is 429 g/mol. The zero-order valence-corrected chi connectivity index (χ0v) is 19.4. The number of nitrogens with one attached hydrogen (secondary N) is 1. The molecule has 172 valence electrons. The Morgan fingerprint density at radius 3 is 2.72 bits per heavy atom. The van der Waals surface area contributed by atoms with Gasteiger partial charge < -0.3 is 15.1 Å². The van der Waals surface area contributed by atoms with Gasteiger partial charge in [0.1, 0.15) is 11.9 Å². The second-order valence-corrected chi connectivity index (χ2v) is 9.59. The third-order valence-electron chi connectivity index (χ3n) is 6.29. The van der Waals surface area contributed by atoms with Gasteiger partial charge in [0, 0.05) is 44.6 Å². The number of aryl methyl sites for hydroxylation is 1. The van der Waals surface area contributed by atoms with Crippen molar-refractivity contribution in [3.63, 3.8) is 0 Å². The van der Waals surface area contributed by atoms with Crippen molar-refractivity contribution in [2.24, 2.45) is 0 Å². The van der Waals surface area contributed by atoms with Crippen LogP contribution < -0.4 is 5.32 Å². The highest BCUT2D eigenvalue weighted by Gasteiger charge is 2.36. The molecule has 2 aliphatic rings. The van der Waals surface area contributed by atoms with E-state index in [2.05, 4.69) is 20.6 Å². The van der Waals surface area contributed by atoms with Gasteiger partial charge in [0.15, 0.2) is 0 Å². The lowest BCUT2D eigenvalue weighted by Crippen LogP contribution is -2.49. The van der Waals surface area contributed by atoms with Crippen LogP contribution in [-0.4, -0.2) is 70.4 Å². The molecule has 7 nitrogen and oxygen atoms in total. The number of thiazole rings is 1. The number of aromatic nitrogens is 1. The van der Waals surface area contributed by atoms with Crippen LogP contribution in [0.15, 0.2) is 29.6 Å². The Labute approximate surface area is 192 Å². The fourth-order valence-corrected chi connectivity index (χ4v) is 5.03. The number of hydrogen-bond acceptors (Lipinski definition) is 5. The molecule has 2 unspecified atom stereocenters. The van der Waals surface area contributed by atoms with E-state index in [4.69, 9.17) is 0 Å². The normalized spacial score (nSPS) is 21.0. The Bertz CT molecular complexity index is 950. The zero-order chi connectivity index (χ0) is 22.7. The van der Waals surface area contributed by atoms with Gasteiger partial charge in [-0.3, -0.25) is 9.69 Å². The molecule has 1 N–H and O–H groups in total. The van der Waals surface area contributed by atoms with E-state index in [0.717, 1.165) is 42.3 Å². The van der Waals surface area contributed by atoms with Gasteiger partial charge in [0.2, 0.25) is 5.91 Å². The van der Waals surface area contributed by atoms with Crippen LogP contribution in [0.3, 0.4) is 0 Å². The van der Waals surface area contributed by atoms with E-state index in [0.29, 0.717) is 26.1 Å². The Morgan fingerprint density at radius 1 is 1.22 bits per heavy atom. The highest BCUT2D eigenvalue weighted by molar-refractivity contribution is 7.09. The fraction of sp³-hybridized carbons (Fsp3) is 0.522. The average molecular weight is 460 g/mol. The molecule has 0 radical (unpaired) electrons. The molecule has 2 aliphatic heterocycles. The third kappa shape index (κ3) is 5.27. The number of likely N-dealkylation sites (tertiary alicyclic amines) is 1. The van der Waals surface area contributed by atoms with Crippen molar-refractivity contribution < 1.29 is 14.0 Å². The number of nitrogens with zero attached hydrogens (tertiary/aromatic N) is 4. The molecule has 3 heterocycles. The van der Waals surface area contributed by atoms with Crippen LogP contribution in [0.1, 0.15) is 42.1 Å². The fourth-order valence-electron chi connectivity index (χ4n) is 4.42. The molecule has 2 fully saturated rings. The molecule has 2 aromatic rings. The molecule has 1 aromatic heterocycles. The summed E-state index contributed by atoms with van der Waals surface area (Å²) < 4.78 is 13.2. The summed E-state index contributed by atoms with van der Waals surface area (Å²) in [5.41, 5.74) is 1.96. The number of benzene rings is 1. The van der Waals surface area contributed by atoms with Gasteiger partial charge in [0.05, 0.1) is 16.7 Å². The number of hydrogen-bond donors (Lipinski definition) is 1. The summed E-state index contributed by atoms with van der Waals surface area (Å²) in [5, 5.41) is 6.11. The number of rotatable bonds is 5. The number of carbonyl (C=O) groups is 2. The van der Waals surface area contributed by atoms with Gasteiger partial charge >= 0.3 is 6.03 Å². The molecule has 0 aliphatic carbocycles. The lowest BCUT2D eigenvalue weighted by Gasteiger charge is -2.26. The monoisotopic (exact) mass is 459 g/mol. The van der Waals surface area contributed by atoms with Crippen LogP contribution in [0.4, 0.5) is 9.18 Å². The van der Waals surface area contributed by atoms with E-state index >= 15 is 0 Å². The largest absolute Gasteiger partial charge is 0.334 e. The number of urea groups is 1. The zero-order valence-electron chi connectivity index (χ0n) is 18.6. The topological polar surface area (TPSA) is 68.8 Å². The minimum atomic E-state index is -0.511. The summed E-state index contributed by atoms with van der Waals surface area (Å²) in [6, 6.07) is 5.37. The second-order valence-electron chi connectivity index (χ2n) is 8.52. The van der Waals surface area contributed by atoms with E-state index in [1.165, 1.54) is 12.1 Å². The smallest absolute Gasteiger partial charge is 0.318 e. The Kier molecular flexibility index (Phi) is 7.05. The molecule has 9 heteroatoms. The highest BCUT2D eigenvalue weighted by atomic mass is 32.1. The number of halogens is 1. The van der Waals surface area contributed by atoms with Gasteiger partial charge in [-0.1, -0.05) is 12.1 Å². The number of carbonyl (C=O) groups excluding carboxylic acids is 2. The third-order valence-corrected chi connectivity index (χ3v) is 7.11. The average Bonchev–Trinajstić information content (AvgIpc) is 3.25. The molecule has 3 amide bonds. The molecular formula is C23H30FN5O2S. The summed E-state index contributed by atoms with van der Waals surface area (Å²) in [6.07, 6.45) is 1.47. The lowest BCUT2D eigenvalue weighted by atomic mass is 10.1. The van der Waals surface area contributed by atoms with Gasteiger partial charge in [-0.05, 0) is 44.4 Å².